The minimum atomic E-state index is -0.474. The number of piperazine rings is 2. The van der Waals surface area contributed by atoms with Crippen LogP contribution in [0, 0.1) is 10.1 Å². The van der Waals surface area contributed by atoms with Gasteiger partial charge in [-0.25, -0.2) is 0 Å². The number of halogens is 3. The molecule has 11 heteroatoms. The highest BCUT2D eigenvalue weighted by atomic mass is 79.9. The number of amides is 1. The first-order valence-corrected chi connectivity index (χ1v) is 15.7. The lowest BCUT2D eigenvalue weighted by Crippen LogP contribution is -2.49. The van der Waals surface area contributed by atoms with Gasteiger partial charge in [-0.2, -0.15) is 0 Å². The van der Waals surface area contributed by atoms with Crippen LogP contribution < -0.4 is 5.32 Å². The summed E-state index contributed by atoms with van der Waals surface area (Å²) in [5.41, 5.74) is 3.03. The Bertz CT molecular complexity index is 1310. The van der Waals surface area contributed by atoms with E-state index in [-0.39, 0.29) is 11.6 Å². The molecule has 8 nitrogen and oxygen atoms in total. The van der Waals surface area contributed by atoms with Crippen molar-refractivity contribution in [1.82, 2.24) is 20.0 Å². The van der Waals surface area contributed by atoms with Crippen LogP contribution in [0.5, 0.6) is 0 Å². The third-order valence-corrected chi connectivity index (χ3v) is 8.66. The zero-order chi connectivity index (χ0) is 29.9. The number of nitrogens with zero attached hydrogens (tertiary/aromatic N) is 4. The fourth-order valence-corrected chi connectivity index (χ4v) is 5.73. The van der Waals surface area contributed by atoms with Crippen LogP contribution in [0.3, 0.4) is 0 Å². The molecular formula is C31H36BrCl2N5O3. The second kappa shape index (κ2) is 16.4. The largest absolute Gasteiger partial charge is 0.336 e. The molecule has 0 saturated carbocycles. The molecule has 2 aliphatic rings. The fraction of sp³-hybridized carbons (Fsp3) is 0.387. The summed E-state index contributed by atoms with van der Waals surface area (Å²) < 4.78 is 0.319. The molecule has 224 valence electrons. The molecule has 2 saturated heterocycles. The minimum absolute atomic E-state index is 0.0430. The summed E-state index contributed by atoms with van der Waals surface area (Å²) in [4.78, 5) is 29.7. The predicted molar refractivity (Wildman–Crippen MR) is 173 cm³/mol. The number of hydrogen-bond donors (Lipinski definition) is 1. The van der Waals surface area contributed by atoms with Gasteiger partial charge < -0.3 is 15.1 Å². The van der Waals surface area contributed by atoms with E-state index in [2.05, 4.69) is 43.2 Å². The molecule has 2 heterocycles. The first kappa shape index (κ1) is 32.4. The lowest BCUT2D eigenvalue weighted by molar-refractivity contribution is -0.385. The smallest absolute Gasteiger partial charge is 0.283 e. The van der Waals surface area contributed by atoms with E-state index in [9.17, 15) is 14.9 Å². The van der Waals surface area contributed by atoms with Gasteiger partial charge in [0.1, 0.15) is 0 Å². The first-order chi connectivity index (χ1) is 20.3. The van der Waals surface area contributed by atoms with Crippen LogP contribution in [0.1, 0.15) is 21.5 Å². The molecule has 0 spiro atoms. The molecule has 2 aliphatic heterocycles. The van der Waals surface area contributed by atoms with E-state index >= 15 is 0 Å². The van der Waals surface area contributed by atoms with Gasteiger partial charge in [0.15, 0.2) is 0 Å². The molecule has 42 heavy (non-hydrogen) atoms. The number of benzene rings is 3. The summed E-state index contributed by atoms with van der Waals surface area (Å²) in [6, 6.07) is 20.4. The van der Waals surface area contributed by atoms with E-state index in [0.29, 0.717) is 23.1 Å². The average Bonchev–Trinajstić information content (AvgIpc) is 3.01. The van der Waals surface area contributed by atoms with Gasteiger partial charge >= 0.3 is 0 Å². The van der Waals surface area contributed by atoms with Crippen LogP contribution in [0.2, 0.25) is 10.0 Å². The Morgan fingerprint density at radius 3 is 1.76 bits per heavy atom. The minimum Gasteiger partial charge on any atom is -0.336 e. The molecule has 0 bridgehead atoms. The van der Waals surface area contributed by atoms with Crippen molar-refractivity contribution < 1.29 is 9.72 Å². The molecule has 0 unspecified atom stereocenters. The van der Waals surface area contributed by atoms with Gasteiger partial charge in [-0.1, -0.05) is 47.5 Å². The maximum absolute atomic E-state index is 12.7. The van der Waals surface area contributed by atoms with Gasteiger partial charge in [-0.15, -0.1) is 0 Å². The molecule has 3 aromatic carbocycles. The molecule has 0 aliphatic carbocycles. The molecule has 3 aromatic rings. The van der Waals surface area contributed by atoms with E-state index in [1.807, 2.05) is 36.4 Å². The number of rotatable bonds is 8. The molecule has 0 atom stereocenters. The first-order valence-electron chi connectivity index (χ1n) is 14.2. The van der Waals surface area contributed by atoms with Crippen LogP contribution >= 0.6 is 39.1 Å². The van der Waals surface area contributed by atoms with Crippen LogP contribution in [-0.4, -0.2) is 91.0 Å². The van der Waals surface area contributed by atoms with Crippen molar-refractivity contribution in [3.05, 3.63) is 108 Å². The maximum atomic E-state index is 12.7. The third-order valence-electron chi connectivity index (χ3n) is 7.52. The summed E-state index contributed by atoms with van der Waals surface area (Å²) in [7, 11) is 0. The van der Waals surface area contributed by atoms with Gasteiger partial charge in [0.05, 0.1) is 9.40 Å². The lowest BCUT2D eigenvalue weighted by atomic mass is 10.1. The molecule has 0 aromatic heterocycles. The Morgan fingerprint density at radius 1 is 0.786 bits per heavy atom. The van der Waals surface area contributed by atoms with Gasteiger partial charge in [0.25, 0.3) is 11.6 Å². The van der Waals surface area contributed by atoms with Crippen LogP contribution in [0.25, 0.3) is 0 Å². The second-order valence-corrected chi connectivity index (χ2v) is 12.1. The summed E-state index contributed by atoms with van der Waals surface area (Å²) >= 11 is 14.9. The number of nitro benzene ring substituents is 1. The monoisotopic (exact) mass is 675 g/mol. The number of carbonyl (C=O) groups is 1. The fourth-order valence-electron chi connectivity index (χ4n) is 4.96. The van der Waals surface area contributed by atoms with E-state index in [0.717, 1.165) is 62.2 Å². The third kappa shape index (κ3) is 10.0. The Balaban J connectivity index is 0.000000227. The van der Waals surface area contributed by atoms with Crippen molar-refractivity contribution >= 4 is 50.7 Å². The topological polar surface area (TPSA) is 82.0 Å². The van der Waals surface area contributed by atoms with E-state index < -0.39 is 4.92 Å². The van der Waals surface area contributed by atoms with E-state index in [4.69, 9.17) is 23.2 Å². The van der Waals surface area contributed by atoms with Crippen molar-refractivity contribution in [2.75, 3.05) is 65.4 Å². The van der Waals surface area contributed by atoms with Crippen molar-refractivity contribution in [2.24, 2.45) is 0 Å². The quantitative estimate of drug-likeness (QED) is 0.240. The standard InChI is InChI=1S/C19H19BrClN3O3.C12H17ClN2/c20-17-13-15(3-6-18(17)24(26)27)19(25)23-11-9-22(10-12-23)8-7-14-1-4-16(21)5-2-14;13-12-3-1-11(2-4-12)5-8-15-9-6-14-7-10-15/h1-6,13H,7-12H2;1-4,14H,5-10H2. The van der Waals surface area contributed by atoms with Gasteiger partial charge in [-0.05, 0) is 76.3 Å². The Labute approximate surface area is 265 Å². The number of hydrogen-bond acceptors (Lipinski definition) is 6. The average molecular weight is 677 g/mol. The Hall–Kier alpha value is -2.53. The van der Waals surface area contributed by atoms with Crippen LogP contribution in [0.4, 0.5) is 5.69 Å². The molecule has 2 fully saturated rings. The van der Waals surface area contributed by atoms with Crippen molar-refractivity contribution in [3.63, 3.8) is 0 Å². The van der Waals surface area contributed by atoms with Crippen molar-refractivity contribution in [1.29, 1.82) is 0 Å². The van der Waals surface area contributed by atoms with Crippen molar-refractivity contribution in [3.8, 4) is 0 Å². The Morgan fingerprint density at radius 2 is 1.29 bits per heavy atom. The number of nitrogens with one attached hydrogen (secondary N) is 1. The molecule has 1 N–H and O–H groups in total. The molecule has 1 amide bonds. The van der Waals surface area contributed by atoms with Crippen LogP contribution in [0.15, 0.2) is 71.2 Å². The predicted octanol–water partition coefficient (Wildman–Crippen LogP) is 5.80. The highest BCUT2D eigenvalue weighted by Gasteiger charge is 2.23. The summed E-state index contributed by atoms with van der Waals surface area (Å²) in [5, 5.41) is 15.8. The summed E-state index contributed by atoms with van der Waals surface area (Å²) in [6.45, 7) is 9.61. The van der Waals surface area contributed by atoms with Crippen molar-refractivity contribution in [2.45, 2.75) is 12.8 Å². The zero-order valence-corrected chi connectivity index (χ0v) is 26.6. The second-order valence-electron chi connectivity index (χ2n) is 10.4. The molecular weight excluding hydrogens is 641 g/mol. The van der Waals surface area contributed by atoms with Gasteiger partial charge in [0.2, 0.25) is 0 Å². The zero-order valence-electron chi connectivity index (χ0n) is 23.5. The van der Waals surface area contributed by atoms with Gasteiger partial charge in [0, 0.05) is 87.1 Å². The number of nitro groups is 1. The Kier molecular flexibility index (Phi) is 12.6. The number of carbonyl (C=O) groups excluding carboxylic acids is 1. The van der Waals surface area contributed by atoms with E-state index in [1.54, 1.807) is 4.90 Å². The normalized spacial score (nSPS) is 16.0. The highest BCUT2D eigenvalue weighted by Crippen LogP contribution is 2.26. The maximum Gasteiger partial charge on any atom is 0.283 e. The summed E-state index contributed by atoms with van der Waals surface area (Å²) in [5.74, 6) is -0.0945. The lowest BCUT2D eigenvalue weighted by Gasteiger charge is -2.34. The van der Waals surface area contributed by atoms with E-state index in [1.165, 1.54) is 42.4 Å². The molecule has 0 radical (unpaired) electrons. The highest BCUT2D eigenvalue weighted by molar-refractivity contribution is 9.10. The summed E-state index contributed by atoms with van der Waals surface area (Å²) in [6.07, 6.45) is 2.07. The van der Waals surface area contributed by atoms with Gasteiger partial charge in [-0.3, -0.25) is 19.8 Å². The SMILES string of the molecule is Clc1ccc(CCN2CCNCC2)cc1.O=C(c1ccc([N+](=O)[O-])c(Br)c1)N1CCN(CCc2ccc(Cl)cc2)CC1. The van der Waals surface area contributed by atoms with Crippen LogP contribution in [-0.2, 0) is 12.8 Å². The molecule has 5 rings (SSSR count).